The molecule has 2 saturated heterocycles. The number of hydrazine groups is 1. The van der Waals surface area contributed by atoms with Crippen LogP contribution < -0.4 is 15.8 Å². The van der Waals surface area contributed by atoms with E-state index >= 15 is 0 Å². The third kappa shape index (κ3) is 4.10. The van der Waals surface area contributed by atoms with Crippen LogP contribution in [0.5, 0.6) is 0 Å². The zero-order valence-electron chi connectivity index (χ0n) is 20.2. The summed E-state index contributed by atoms with van der Waals surface area (Å²) in [5, 5.41) is 15.0. The Balaban J connectivity index is 1.05. The minimum atomic E-state index is -0.112. The Kier molecular flexibility index (Phi) is 5.97. The molecule has 0 aromatic carbocycles. The van der Waals surface area contributed by atoms with Crippen molar-refractivity contribution < 1.29 is 14.0 Å². The van der Waals surface area contributed by atoms with Crippen molar-refractivity contribution in [2.45, 2.75) is 70.2 Å². The van der Waals surface area contributed by atoms with Gasteiger partial charge in [-0.2, -0.15) is 0 Å². The number of furan rings is 1. The highest BCUT2D eigenvalue weighted by Gasteiger charge is 2.47. The summed E-state index contributed by atoms with van der Waals surface area (Å²) in [6.07, 6.45) is 8.80. The number of piperazine rings is 1. The highest BCUT2D eigenvalue weighted by atomic mass is 16.3. The Morgan fingerprint density at radius 2 is 1.91 bits per heavy atom. The van der Waals surface area contributed by atoms with Crippen LogP contribution in [0.2, 0.25) is 0 Å². The highest BCUT2D eigenvalue weighted by molar-refractivity contribution is 5.91. The van der Waals surface area contributed by atoms with Gasteiger partial charge in [-0.05, 0) is 38.3 Å². The molecule has 11 heteroatoms. The summed E-state index contributed by atoms with van der Waals surface area (Å²) in [6, 6.07) is 3.81. The Morgan fingerprint density at radius 1 is 1.11 bits per heavy atom. The Morgan fingerprint density at radius 3 is 2.71 bits per heavy atom. The second-order valence-electron chi connectivity index (χ2n) is 10.1. The van der Waals surface area contributed by atoms with E-state index in [1.165, 1.54) is 25.5 Å². The maximum absolute atomic E-state index is 12.9. The number of carbonyl (C=O) groups is 2. The van der Waals surface area contributed by atoms with Crippen LogP contribution in [0.1, 0.15) is 67.9 Å². The van der Waals surface area contributed by atoms with E-state index in [-0.39, 0.29) is 24.1 Å². The molecule has 1 aliphatic carbocycles. The summed E-state index contributed by atoms with van der Waals surface area (Å²) in [4.78, 5) is 28.9. The molecule has 2 N–H and O–H groups in total. The third-order valence-corrected chi connectivity index (χ3v) is 7.96. The van der Waals surface area contributed by atoms with Gasteiger partial charge < -0.3 is 14.2 Å². The summed E-state index contributed by atoms with van der Waals surface area (Å²) in [5.74, 6) is 2.79. The van der Waals surface area contributed by atoms with Gasteiger partial charge in [0.25, 0.3) is 5.91 Å². The van der Waals surface area contributed by atoms with Gasteiger partial charge >= 0.3 is 0 Å². The van der Waals surface area contributed by atoms with Crippen LogP contribution in [0, 0.1) is 5.92 Å². The molecular formula is C24H34N8O3. The molecule has 0 radical (unpaired) electrons. The molecule has 3 aliphatic heterocycles. The molecule has 4 atom stereocenters. The van der Waals surface area contributed by atoms with Gasteiger partial charge in [-0.25, -0.2) is 5.43 Å². The van der Waals surface area contributed by atoms with Crippen molar-refractivity contribution in [3.63, 3.8) is 0 Å². The molecule has 5 heterocycles. The summed E-state index contributed by atoms with van der Waals surface area (Å²) in [7, 11) is 0. The zero-order valence-corrected chi connectivity index (χ0v) is 20.2. The van der Waals surface area contributed by atoms with Crippen LogP contribution in [0.4, 0.5) is 5.95 Å². The number of carbonyl (C=O) groups excluding carboxylic acids is 2. The van der Waals surface area contributed by atoms with Gasteiger partial charge in [0.1, 0.15) is 12.0 Å². The summed E-state index contributed by atoms with van der Waals surface area (Å²) in [6.45, 7) is 4.31. The first-order valence-electron chi connectivity index (χ1n) is 13.0. The smallest absolute Gasteiger partial charge is 0.289 e. The number of hydrogen-bond donors (Lipinski definition) is 2. The van der Waals surface area contributed by atoms with Crippen LogP contribution >= 0.6 is 0 Å². The van der Waals surface area contributed by atoms with Crippen molar-refractivity contribution >= 4 is 17.8 Å². The molecular weight excluding hydrogens is 448 g/mol. The monoisotopic (exact) mass is 482 g/mol. The van der Waals surface area contributed by atoms with E-state index in [1.807, 2.05) is 4.90 Å². The average molecular weight is 483 g/mol. The minimum absolute atomic E-state index is 0.112. The van der Waals surface area contributed by atoms with Gasteiger partial charge in [0.15, 0.2) is 5.76 Å². The first-order valence-corrected chi connectivity index (χ1v) is 13.0. The van der Waals surface area contributed by atoms with Crippen LogP contribution in [-0.4, -0.2) is 74.9 Å². The molecule has 0 bridgehead atoms. The zero-order chi connectivity index (χ0) is 23.9. The Hall–Kier alpha value is -2.92. The van der Waals surface area contributed by atoms with Crippen LogP contribution in [0.25, 0.3) is 0 Å². The van der Waals surface area contributed by atoms with Crippen molar-refractivity contribution in [1.29, 1.82) is 0 Å². The van der Waals surface area contributed by atoms with Gasteiger partial charge in [0.2, 0.25) is 11.9 Å². The predicted molar refractivity (Wildman–Crippen MR) is 127 cm³/mol. The lowest BCUT2D eigenvalue weighted by atomic mass is 9.81. The van der Waals surface area contributed by atoms with Crippen molar-refractivity contribution in [1.82, 2.24) is 35.3 Å². The maximum atomic E-state index is 12.9. The Bertz CT molecular complexity index is 1060. The molecule has 188 valence electrons. The second kappa shape index (κ2) is 9.27. The number of nitrogens with one attached hydrogen (secondary N) is 2. The topological polar surface area (TPSA) is 112 Å². The SMILES string of the molecule is CC1NC2C3CCCCC3n3c(CCCC(=O)N4CCN(C(=O)c5ccco5)CC4)nnc3N2N1. The molecule has 35 heavy (non-hydrogen) atoms. The number of aryl methyl sites for hydroxylation is 1. The fourth-order valence-electron chi connectivity index (χ4n) is 6.24. The first kappa shape index (κ1) is 22.5. The molecule has 0 spiro atoms. The summed E-state index contributed by atoms with van der Waals surface area (Å²) >= 11 is 0. The average Bonchev–Trinajstić information content (AvgIpc) is 3.64. The van der Waals surface area contributed by atoms with E-state index in [0.29, 0.717) is 50.3 Å². The highest BCUT2D eigenvalue weighted by Crippen LogP contribution is 2.44. The van der Waals surface area contributed by atoms with Crippen LogP contribution in [0.15, 0.2) is 22.8 Å². The molecule has 4 unspecified atom stereocenters. The molecule has 4 aliphatic rings. The van der Waals surface area contributed by atoms with Crippen LogP contribution in [0.3, 0.4) is 0 Å². The number of nitrogens with zero attached hydrogens (tertiary/aromatic N) is 6. The first-order chi connectivity index (χ1) is 17.1. The van der Waals surface area contributed by atoms with E-state index in [9.17, 15) is 9.59 Å². The standard InChI is InChI=1S/C24H34N8O3/c1-16-25-22-17-6-2-3-7-18(17)31-20(26-27-24(31)32(22)28-16)9-4-10-21(33)29-11-13-30(14-12-29)23(34)19-8-5-15-35-19/h5,8,15-18,22,25,28H,2-4,6-7,9-14H2,1H3. The lowest BCUT2D eigenvalue weighted by molar-refractivity contribution is -0.132. The van der Waals surface area contributed by atoms with Crippen molar-refractivity contribution in [2.75, 3.05) is 31.2 Å². The Labute approximate surface area is 204 Å². The van der Waals surface area contributed by atoms with E-state index in [4.69, 9.17) is 4.42 Å². The van der Waals surface area contributed by atoms with E-state index < -0.39 is 0 Å². The number of aromatic nitrogens is 3. The normalized spacial score (nSPS) is 28.0. The van der Waals surface area contributed by atoms with Crippen molar-refractivity contribution in [2.24, 2.45) is 5.92 Å². The number of hydrogen-bond acceptors (Lipinski definition) is 8. The number of anilines is 1. The van der Waals surface area contributed by atoms with Gasteiger partial charge in [-0.1, -0.05) is 12.8 Å². The third-order valence-electron chi connectivity index (χ3n) is 7.96. The lowest BCUT2D eigenvalue weighted by Crippen LogP contribution is -2.53. The largest absolute Gasteiger partial charge is 0.459 e. The maximum Gasteiger partial charge on any atom is 0.289 e. The van der Waals surface area contributed by atoms with E-state index in [1.54, 1.807) is 17.0 Å². The molecule has 11 nitrogen and oxygen atoms in total. The van der Waals surface area contributed by atoms with Crippen LogP contribution in [-0.2, 0) is 11.2 Å². The molecule has 1 saturated carbocycles. The predicted octanol–water partition coefficient (Wildman–Crippen LogP) is 1.51. The van der Waals surface area contributed by atoms with E-state index in [0.717, 1.165) is 31.0 Å². The van der Waals surface area contributed by atoms with Gasteiger partial charge in [0.05, 0.1) is 12.4 Å². The van der Waals surface area contributed by atoms with Gasteiger partial charge in [0, 0.05) is 51.0 Å². The van der Waals surface area contributed by atoms with Crippen molar-refractivity contribution in [3.8, 4) is 0 Å². The molecule has 3 fully saturated rings. The van der Waals surface area contributed by atoms with E-state index in [2.05, 4.69) is 37.4 Å². The summed E-state index contributed by atoms with van der Waals surface area (Å²) < 4.78 is 7.56. The second-order valence-corrected chi connectivity index (χ2v) is 10.1. The minimum Gasteiger partial charge on any atom is -0.459 e. The molecule has 2 aromatic heterocycles. The van der Waals surface area contributed by atoms with Gasteiger partial charge in [-0.3, -0.25) is 24.5 Å². The molecule has 2 amide bonds. The fraction of sp³-hybridized carbons (Fsp3) is 0.667. The molecule has 6 rings (SSSR count). The number of rotatable bonds is 5. The summed E-state index contributed by atoms with van der Waals surface area (Å²) in [5.41, 5.74) is 3.50. The number of amides is 2. The number of fused-ring (bicyclic) bond motifs is 6. The fourth-order valence-corrected chi connectivity index (χ4v) is 6.24. The lowest BCUT2D eigenvalue weighted by Gasteiger charge is -2.44. The van der Waals surface area contributed by atoms with Gasteiger partial charge in [-0.15, -0.1) is 10.2 Å². The van der Waals surface area contributed by atoms with Crippen molar-refractivity contribution in [3.05, 3.63) is 30.0 Å². The quantitative estimate of drug-likeness (QED) is 0.660. The molecule has 2 aromatic rings.